The minimum atomic E-state index is -1.13. The molecule has 0 bridgehead atoms. The van der Waals surface area contributed by atoms with E-state index in [-0.39, 0.29) is 48.6 Å². The van der Waals surface area contributed by atoms with Gasteiger partial charge in [0.25, 0.3) is 0 Å². The van der Waals surface area contributed by atoms with Gasteiger partial charge < -0.3 is 21.1 Å². The molecule has 0 radical (unpaired) electrons. The van der Waals surface area contributed by atoms with E-state index >= 15 is 0 Å². The minimum absolute atomic E-state index is 0.0901. The summed E-state index contributed by atoms with van der Waals surface area (Å²) >= 11 is 15.1. The number of primary amides is 1. The quantitative estimate of drug-likeness (QED) is 0.362. The Morgan fingerprint density at radius 3 is 2.64 bits per heavy atom. The van der Waals surface area contributed by atoms with Gasteiger partial charge in [0.2, 0.25) is 17.7 Å². The third kappa shape index (κ3) is 5.44. The van der Waals surface area contributed by atoms with Crippen molar-refractivity contribution in [1.29, 1.82) is 0 Å². The number of amides is 3. The SMILES string of the molecule is NC(=O)CN1CCC(Oc2ccc(I)cc2[C@H]2NC(=O)C[C@@H](C3C=CC=C(Cl)C3)[C@]23C(=O)Nc2cc(Cl)ccc23)CC1. The topological polar surface area (TPSA) is 114 Å². The zero-order chi connectivity index (χ0) is 29.6. The molecule has 8 nitrogen and oxygen atoms in total. The maximum atomic E-state index is 14.4. The number of ether oxygens (including phenoxy) is 1. The molecule has 0 saturated carbocycles. The minimum Gasteiger partial charge on any atom is -0.490 e. The lowest BCUT2D eigenvalue weighted by molar-refractivity contribution is -0.135. The molecule has 11 heteroatoms. The molecular formula is C31H31Cl2IN4O4. The van der Waals surface area contributed by atoms with Crippen molar-refractivity contribution in [1.82, 2.24) is 10.2 Å². The van der Waals surface area contributed by atoms with Crippen molar-refractivity contribution in [3.05, 3.63) is 79.4 Å². The van der Waals surface area contributed by atoms with Crippen LogP contribution < -0.4 is 21.1 Å². The zero-order valence-electron chi connectivity index (χ0n) is 22.7. The third-order valence-electron chi connectivity index (χ3n) is 8.88. The molecule has 4 N–H and O–H groups in total. The fraction of sp³-hybridized carbons (Fsp3) is 0.387. The molecule has 0 aromatic heterocycles. The smallest absolute Gasteiger partial charge is 0.237 e. The molecule has 1 aliphatic carbocycles. The van der Waals surface area contributed by atoms with Gasteiger partial charge >= 0.3 is 0 Å². The Kier molecular flexibility index (Phi) is 8.30. The molecule has 4 aliphatic rings. The molecule has 2 aromatic carbocycles. The van der Waals surface area contributed by atoms with Gasteiger partial charge in [-0.1, -0.05) is 41.4 Å². The number of nitrogens with one attached hydrogen (secondary N) is 2. The van der Waals surface area contributed by atoms with Crippen molar-refractivity contribution >= 4 is 69.2 Å². The van der Waals surface area contributed by atoms with Crippen LogP contribution in [-0.2, 0) is 19.8 Å². The number of nitrogens with two attached hydrogens (primary N) is 1. The second kappa shape index (κ2) is 11.8. The summed E-state index contributed by atoms with van der Waals surface area (Å²) in [6.45, 7) is 1.61. The number of rotatable bonds is 6. The molecule has 4 atom stereocenters. The Hall–Kier alpha value is -2.60. The van der Waals surface area contributed by atoms with Crippen LogP contribution in [0.4, 0.5) is 5.69 Å². The van der Waals surface area contributed by atoms with Crippen molar-refractivity contribution in [3.63, 3.8) is 0 Å². The Morgan fingerprint density at radius 2 is 1.90 bits per heavy atom. The molecular weight excluding hydrogens is 690 g/mol. The van der Waals surface area contributed by atoms with Crippen molar-refractivity contribution < 1.29 is 19.1 Å². The highest BCUT2D eigenvalue weighted by Crippen LogP contribution is 2.58. The van der Waals surface area contributed by atoms with E-state index in [1.165, 1.54) is 0 Å². The predicted molar refractivity (Wildman–Crippen MR) is 170 cm³/mol. The van der Waals surface area contributed by atoms with E-state index in [9.17, 15) is 14.4 Å². The summed E-state index contributed by atoms with van der Waals surface area (Å²) in [7, 11) is 0. The zero-order valence-corrected chi connectivity index (χ0v) is 26.4. The molecule has 2 aromatic rings. The van der Waals surface area contributed by atoms with E-state index in [4.69, 9.17) is 33.7 Å². The summed E-state index contributed by atoms with van der Waals surface area (Å²) in [5.41, 5.74) is 6.46. The van der Waals surface area contributed by atoms with Crippen LogP contribution in [0.5, 0.6) is 5.75 Å². The average Bonchev–Trinajstić information content (AvgIpc) is 3.22. The summed E-state index contributed by atoms with van der Waals surface area (Å²) in [6.07, 6.45) is 7.89. The molecule has 220 valence electrons. The van der Waals surface area contributed by atoms with Gasteiger partial charge in [0, 0.05) is 44.4 Å². The number of allylic oxidation sites excluding steroid dienone is 4. The Bertz CT molecular complexity index is 1510. The number of nitrogens with zero attached hydrogens (tertiary/aromatic N) is 1. The number of hydrogen-bond donors (Lipinski definition) is 3. The van der Waals surface area contributed by atoms with Crippen molar-refractivity contribution in [2.75, 3.05) is 25.0 Å². The Morgan fingerprint density at radius 1 is 1.12 bits per heavy atom. The normalized spacial score (nSPS) is 27.8. The lowest BCUT2D eigenvalue weighted by Gasteiger charge is -2.49. The number of likely N-dealkylation sites (tertiary alicyclic amines) is 1. The van der Waals surface area contributed by atoms with E-state index in [1.54, 1.807) is 12.1 Å². The van der Waals surface area contributed by atoms with Crippen molar-refractivity contribution in [2.45, 2.75) is 43.2 Å². The monoisotopic (exact) mass is 720 g/mol. The van der Waals surface area contributed by atoms with Gasteiger partial charge in [-0.25, -0.2) is 0 Å². The van der Waals surface area contributed by atoms with Crippen LogP contribution in [0, 0.1) is 15.4 Å². The van der Waals surface area contributed by atoms with E-state index in [0.29, 0.717) is 41.0 Å². The lowest BCUT2D eigenvalue weighted by Crippen LogP contribution is -2.59. The van der Waals surface area contributed by atoms with E-state index in [1.807, 2.05) is 41.3 Å². The highest BCUT2D eigenvalue weighted by molar-refractivity contribution is 14.1. The van der Waals surface area contributed by atoms with Crippen LogP contribution in [0.25, 0.3) is 0 Å². The van der Waals surface area contributed by atoms with Crippen LogP contribution >= 0.6 is 45.8 Å². The summed E-state index contributed by atoms with van der Waals surface area (Å²) in [5, 5.41) is 7.52. The van der Waals surface area contributed by atoms with Crippen molar-refractivity contribution in [2.24, 2.45) is 17.6 Å². The van der Waals surface area contributed by atoms with Gasteiger partial charge in [0.15, 0.2) is 0 Å². The standard InChI is InChI=1S/C31H31Cl2IN4O4/c32-18-3-1-2-17(12-18)24-15-28(40)37-29(31(24)23-6-4-19(33)13-25(23)36-30(31)41)22-14-20(34)5-7-26(22)42-21-8-10-38(11-9-21)16-27(35)39/h1-7,13-14,17,21,24,29H,8-12,15-16H2,(H2,35,39)(H,36,41)(H,37,40)/t17?,24-,29+,31-/m0/s1. The number of benzene rings is 2. The second-order valence-electron chi connectivity index (χ2n) is 11.4. The first-order valence-corrected chi connectivity index (χ1v) is 15.9. The fourth-order valence-corrected chi connectivity index (χ4v) is 8.02. The summed E-state index contributed by atoms with van der Waals surface area (Å²) < 4.78 is 7.59. The first-order chi connectivity index (χ1) is 20.1. The summed E-state index contributed by atoms with van der Waals surface area (Å²) in [6, 6.07) is 10.6. The second-order valence-corrected chi connectivity index (χ2v) is 13.6. The molecule has 3 aliphatic heterocycles. The molecule has 42 heavy (non-hydrogen) atoms. The van der Waals surface area contributed by atoms with E-state index in [0.717, 1.165) is 27.5 Å². The molecule has 2 fully saturated rings. The van der Waals surface area contributed by atoms with Gasteiger partial charge in [-0.15, -0.1) is 0 Å². The lowest BCUT2D eigenvalue weighted by atomic mass is 9.57. The summed E-state index contributed by atoms with van der Waals surface area (Å²) in [4.78, 5) is 41.3. The Labute approximate surface area is 268 Å². The van der Waals surface area contributed by atoms with Gasteiger partial charge in [-0.3, -0.25) is 19.3 Å². The molecule has 2 saturated heterocycles. The van der Waals surface area contributed by atoms with Crippen LogP contribution in [0.15, 0.2) is 59.7 Å². The number of carbonyl (C=O) groups is 3. The summed E-state index contributed by atoms with van der Waals surface area (Å²) in [5.74, 6) is -0.539. The highest BCUT2D eigenvalue weighted by atomic mass is 127. The van der Waals surface area contributed by atoms with Gasteiger partial charge in [-0.05, 0) is 95.7 Å². The first-order valence-electron chi connectivity index (χ1n) is 14.1. The fourth-order valence-electron chi connectivity index (χ4n) is 7.08. The average molecular weight is 721 g/mol. The Balaban J connectivity index is 1.44. The van der Waals surface area contributed by atoms with Gasteiger partial charge in [0.1, 0.15) is 17.3 Å². The molecule has 3 amide bonds. The number of piperidine rings is 2. The molecule has 1 unspecified atom stereocenters. The van der Waals surface area contributed by atoms with Crippen LogP contribution in [0.1, 0.15) is 42.9 Å². The van der Waals surface area contributed by atoms with Crippen molar-refractivity contribution in [3.8, 4) is 5.75 Å². The number of carbonyl (C=O) groups excluding carboxylic acids is 3. The van der Waals surface area contributed by atoms with Crippen LogP contribution in [0.3, 0.4) is 0 Å². The largest absolute Gasteiger partial charge is 0.490 e. The number of fused-ring (bicyclic) bond motifs is 2. The van der Waals surface area contributed by atoms with Crippen LogP contribution in [0.2, 0.25) is 5.02 Å². The number of anilines is 1. The third-order valence-corrected chi connectivity index (χ3v) is 10.1. The highest BCUT2D eigenvalue weighted by Gasteiger charge is 2.62. The first kappa shape index (κ1) is 29.5. The molecule has 6 rings (SSSR count). The number of hydrogen-bond acceptors (Lipinski definition) is 5. The van der Waals surface area contributed by atoms with Gasteiger partial charge in [0.05, 0.1) is 12.6 Å². The van der Waals surface area contributed by atoms with E-state index in [2.05, 4.69) is 39.3 Å². The molecule has 1 spiro atoms. The maximum Gasteiger partial charge on any atom is 0.237 e. The number of halogens is 3. The van der Waals surface area contributed by atoms with E-state index < -0.39 is 11.5 Å². The maximum absolute atomic E-state index is 14.4. The predicted octanol–water partition coefficient (Wildman–Crippen LogP) is 5.04. The van der Waals surface area contributed by atoms with Crippen LogP contribution in [-0.4, -0.2) is 48.4 Å². The van der Waals surface area contributed by atoms with Gasteiger partial charge in [-0.2, -0.15) is 0 Å². The molecule has 3 heterocycles.